The van der Waals surface area contributed by atoms with Crippen LogP contribution in [0.2, 0.25) is 0 Å². The van der Waals surface area contributed by atoms with Gasteiger partial charge in [0.05, 0.1) is 11.8 Å². The molecule has 0 radical (unpaired) electrons. The van der Waals surface area contributed by atoms with Gasteiger partial charge in [0.25, 0.3) is 5.91 Å². The maximum atomic E-state index is 13.0. The molecule has 1 N–H and O–H groups in total. The quantitative estimate of drug-likeness (QED) is 0.924. The van der Waals surface area contributed by atoms with Crippen LogP contribution in [0.5, 0.6) is 0 Å². The molecule has 2 aliphatic rings. The number of nitrogens with zero attached hydrogens (tertiary/aromatic N) is 2. The monoisotopic (exact) mass is 344 g/mol. The topological polar surface area (TPSA) is 66.6 Å². The minimum absolute atomic E-state index is 0.0614. The summed E-state index contributed by atoms with van der Waals surface area (Å²) >= 11 is 0. The molecule has 1 atom stereocenters. The van der Waals surface area contributed by atoms with E-state index in [0.717, 1.165) is 24.1 Å². The van der Waals surface area contributed by atoms with E-state index in [4.69, 9.17) is 4.52 Å². The molecule has 1 aliphatic carbocycles. The summed E-state index contributed by atoms with van der Waals surface area (Å²) in [5.74, 6) is 0.385. The van der Waals surface area contributed by atoms with Crippen LogP contribution in [0.15, 0.2) is 34.9 Å². The maximum absolute atomic E-state index is 13.0. The maximum Gasteiger partial charge on any atom is 0.292 e. The zero-order chi connectivity index (χ0) is 17.4. The van der Waals surface area contributed by atoms with E-state index in [-0.39, 0.29) is 17.6 Å². The number of hydrogen-bond acceptors (Lipinski definition) is 4. The van der Waals surface area contributed by atoms with Crippen molar-refractivity contribution in [2.24, 2.45) is 5.92 Å². The van der Waals surface area contributed by atoms with Gasteiger partial charge in [-0.05, 0) is 49.3 Å². The van der Waals surface area contributed by atoms with Crippen molar-refractivity contribution >= 4 is 5.91 Å². The van der Waals surface area contributed by atoms with E-state index in [2.05, 4.69) is 5.16 Å². The number of amides is 1. The fourth-order valence-corrected chi connectivity index (χ4v) is 3.47. The number of hydrogen-bond donors (Lipinski definition) is 1. The van der Waals surface area contributed by atoms with Crippen molar-refractivity contribution < 1.29 is 18.8 Å². The Balaban J connectivity index is 1.35. The van der Waals surface area contributed by atoms with Crippen LogP contribution in [-0.2, 0) is 0 Å². The number of likely N-dealkylation sites (tertiary alicyclic amines) is 1. The van der Waals surface area contributed by atoms with Crippen molar-refractivity contribution in [2.45, 2.75) is 37.7 Å². The van der Waals surface area contributed by atoms with E-state index >= 15 is 0 Å². The van der Waals surface area contributed by atoms with Crippen molar-refractivity contribution in [3.05, 3.63) is 53.2 Å². The van der Waals surface area contributed by atoms with Crippen molar-refractivity contribution in [1.82, 2.24) is 10.1 Å². The minimum Gasteiger partial charge on any atom is -0.388 e. The molecule has 5 nitrogen and oxygen atoms in total. The highest BCUT2D eigenvalue weighted by atomic mass is 19.1. The lowest BCUT2D eigenvalue weighted by atomic mass is 9.87. The molecular formula is C19H21FN2O3. The van der Waals surface area contributed by atoms with Crippen LogP contribution in [0.4, 0.5) is 4.39 Å². The van der Waals surface area contributed by atoms with Crippen molar-refractivity contribution in [2.75, 3.05) is 13.1 Å². The third-order valence-electron chi connectivity index (χ3n) is 5.22. The summed E-state index contributed by atoms with van der Waals surface area (Å²) in [6, 6.07) is 7.72. The number of aliphatic hydroxyl groups is 1. The summed E-state index contributed by atoms with van der Waals surface area (Å²) in [6.07, 6.45) is 3.01. The third kappa shape index (κ3) is 3.44. The van der Waals surface area contributed by atoms with E-state index in [0.29, 0.717) is 37.6 Å². The number of aliphatic hydroxyl groups excluding tert-OH is 1. The molecule has 1 aromatic heterocycles. The Bertz CT molecular complexity index is 746. The van der Waals surface area contributed by atoms with Gasteiger partial charge in [-0.2, -0.15) is 0 Å². The van der Waals surface area contributed by atoms with Crippen LogP contribution >= 0.6 is 0 Å². The SMILES string of the molecule is O=C(c1cc(C2CC2)no1)N1CCC(C(O)c2ccc(F)cc2)CC1. The zero-order valence-electron chi connectivity index (χ0n) is 13.9. The molecule has 1 saturated heterocycles. The molecule has 132 valence electrons. The molecule has 1 aromatic carbocycles. The van der Waals surface area contributed by atoms with E-state index in [1.165, 1.54) is 12.1 Å². The highest BCUT2D eigenvalue weighted by Gasteiger charge is 2.32. The second kappa shape index (κ2) is 6.59. The van der Waals surface area contributed by atoms with E-state index in [9.17, 15) is 14.3 Å². The van der Waals surface area contributed by atoms with Crippen LogP contribution in [-0.4, -0.2) is 34.2 Å². The van der Waals surface area contributed by atoms with E-state index in [1.54, 1.807) is 23.1 Å². The normalized spacial score (nSPS) is 19.8. The fourth-order valence-electron chi connectivity index (χ4n) is 3.47. The fraction of sp³-hybridized carbons (Fsp3) is 0.474. The highest BCUT2D eigenvalue weighted by molar-refractivity contribution is 5.91. The van der Waals surface area contributed by atoms with Gasteiger partial charge in [0.15, 0.2) is 0 Å². The highest BCUT2D eigenvalue weighted by Crippen LogP contribution is 2.39. The predicted octanol–water partition coefficient (Wildman–Crippen LogP) is 3.28. The summed E-state index contributed by atoms with van der Waals surface area (Å²) in [4.78, 5) is 14.3. The summed E-state index contributed by atoms with van der Waals surface area (Å²) in [7, 11) is 0. The molecule has 2 aromatic rings. The first-order valence-corrected chi connectivity index (χ1v) is 8.81. The molecule has 25 heavy (non-hydrogen) atoms. The molecule has 6 heteroatoms. The van der Waals surface area contributed by atoms with Gasteiger partial charge >= 0.3 is 0 Å². The molecule has 1 unspecified atom stereocenters. The second-order valence-electron chi connectivity index (χ2n) is 7.02. The Morgan fingerprint density at radius 2 is 1.88 bits per heavy atom. The number of rotatable bonds is 4. The lowest BCUT2D eigenvalue weighted by Crippen LogP contribution is -2.39. The summed E-state index contributed by atoms with van der Waals surface area (Å²) in [5.41, 5.74) is 1.60. The molecule has 0 spiro atoms. The van der Waals surface area contributed by atoms with Gasteiger partial charge in [-0.15, -0.1) is 0 Å². The van der Waals surface area contributed by atoms with Gasteiger partial charge in [-0.1, -0.05) is 17.3 Å². The number of aromatic nitrogens is 1. The van der Waals surface area contributed by atoms with Gasteiger partial charge in [0, 0.05) is 25.1 Å². The van der Waals surface area contributed by atoms with Crippen molar-refractivity contribution in [3.63, 3.8) is 0 Å². The van der Waals surface area contributed by atoms with Gasteiger partial charge in [0.1, 0.15) is 5.82 Å². The number of halogens is 1. The molecule has 0 bridgehead atoms. The standard InChI is InChI=1S/C19H21FN2O3/c20-15-5-3-13(4-6-15)18(23)14-7-9-22(10-8-14)19(24)17-11-16(21-25-17)12-1-2-12/h3-6,11-12,14,18,23H,1-2,7-10H2. The molecule has 4 rings (SSSR count). The van der Waals surface area contributed by atoms with E-state index < -0.39 is 6.10 Å². The number of carbonyl (C=O) groups excluding carboxylic acids is 1. The summed E-state index contributed by atoms with van der Waals surface area (Å²) in [6.45, 7) is 1.14. The van der Waals surface area contributed by atoms with Crippen LogP contribution in [0.3, 0.4) is 0 Å². The molecular weight excluding hydrogens is 323 g/mol. The largest absolute Gasteiger partial charge is 0.388 e. The smallest absolute Gasteiger partial charge is 0.292 e. The van der Waals surface area contributed by atoms with Gasteiger partial charge < -0.3 is 14.5 Å². The molecule has 2 heterocycles. The van der Waals surface area contributed by atoms with Crippen LogP contribution in [0.1, 0.15) is 59.5 Å². The number of benzene rings is 1. The molecule has 1 amide bonds. The first kappa shape index (κ1) is 16.3. The lowest BCUT2D eigenvalue weighted by Gasteiger charge is -2.33. The Kier molecular flexibility index (Phi) is 4.29. The van der Waals surface area contributed by atoms with Gasteiger partial charge in [-0.25, -0.2) is 4.39 Å². The minimum atomic E-state index is -0.635. The third-order valence-corrected chi connectivity index (χ3v) is 5.22. The Labute approximate surface area is 145 Å². The van der Waals surface area contributed by atoms with Crippen LogP contribution < -0.4 is 0 Å². The predicted molar refractivity (Wildman–Crippen MR) is 88.5 cm³/mol. The zero-order valence-corrected chi connectivity index (χ0v) is 13.9. The first-order chi connectivity index (χ1) is 12.1. The number of piperidine rings is 1. The van der Waals surface area contributed by atoms with Gasteiger partial charge in [-0.3, -0.25) is 4.79 Å². The average Bonchev–Trinajstić information content (AvgIpc) is 3.38. The molecule has 2 fully saturated rings. The van der Waals surface area contributed by atoms with Crippen LogP contribution in [0.25, 0.3) is 0 Å². The second-order valence-corrected chi connectivity index (χ2v) is 7.02. The molecule has 1 saturated carbocycles. The van der Waals surface area contributed by atoms with Crippen molar-refractivity contribution in [3.8, 4) is 0 Å². The van der Waals surface area contributed by atoms with Gasteiger partial charge in [0.2, 0.25) is 5.76 Å². The Hall–Kier alpha value is -2.21. The average molecular weight is 344 g/mol. The Morgan fingerprint density at radius 3 is 2.52 bits per heavy atom. The lowest BCUT2D eigenvalue weighted by molar-refractivity contribution is 0.0436. The van der Waals surface area contributed by atoms with Crippen LogP contribution in [0, 0.1) is 11.7 Å². The molecule has 1 aliphatic heterocycles. The van der Waals surface area contributed by atoms with Crippen molar-refractivity contribution in [1.29, 1.82) is 0 Å². The number of carbonyl (C=O) groups is 1. The Morgan fingerprint density at radius 1 is 1.20 bits per heavy atom. The van der Waals surface area contributed by atoms with E-state index in [1.807, 2.05) is 0 Å². The first-order valence-electron chi connectivity index (χ1n) is 8.81. The summed E-state index contributed by atoms with van der Waals surface area (Å²) in [5, 5.41) is 14.5. The summed E-state index contributed by atoms with van der Waals surface area (Å²) < 4.78 is 18.2.